The maximum absolute atomic E-state index is 12.1. The molecule has 22 heavy (non-hydrogen) atoms. The van der Waals surface area contributed by atoms with Gasteiger partial charge in [-0.25, -0.2) is 4.79 Å². The van der Waals surface area contributed by atoms with Crippen molar-refractivity contribution in [3.05, 3.63) is 31.5 Å². The van der Waals surface area contributed by atoms with Gasteiger partial charge >= 0.3 is 5.69 Å². The van der Waals surface area contributed by atoms with Gasteiger partial charge in [-0.05, 0) is 48.8 Å². The topological polar surface area (TPSA) is 96.3 Å². The molecule has 2 saturated heterocycles. The van der Waals surface area contributed by atoms with E-state index in [0.717, 1.165) is 25.9 Å². The van der Waals surface area contributed by atoms with Crippen LogP contribution < -0.4 is 16.6 Å². The highest BCUT2D eigenvalue weighted by atomic mass is 79.9. The van der Waals surface area contributed by atoms with E-state index in [-0.39, 0.29) is 16.7 Å². The van der Waals surface area contributed by atoms with Crippen molar-refractivity contribution in [2.45, 2.75) is 43.4 Å². The number of nitrogens with zero attached hydrogens (tertiary/aromatic N) is 1. The minimum atomic E-state index is -1.09. The van der Waals surface area contributed by atoms with Crippen molar-refractivity contribution in [2.24, 2.45) is 0 Å². The van der Waals surface area contributed by atoms with Crippen LogP contribution in [0.15, 0.2) is 20.3 Å². The molecular formula is C14H20BrN3O4. The lowest BCUT2D eigenvalue weighted by Gasteiger charge is -2.50. The van der Waals surface area contributed by atoms with E-state index in [0.29, 0.717) is 6.42 Å². The summed E-state index contributed by atoms with van der Waals surface area (Å²) in [5, 5.41) is 14.2. The molecule has 2 aliphatic rings. The van der Waals surface area contributed by atoms with Crippen molar-refractivity contribution in [1.29, 1.82) is 0 Å². The number of hydrogen-bond donors (Lipinski definition) is 3. The first-order chi connectivity index (χ1) is 10.3. The Kier molecular flexibility index (Phi) is 4.05. The van der Waals surface area contributed by atoms with E-state index in [1.54, 1.807) is 6.92 Å². The predicted octanol–water partition coefficient (Wildman–Crippen LogP) is 0.134. The monoisotopic (exact) mass is 373 g/mol. The number of rotatable bonds is 1. The first-order valence-corrected chi connectivity index (χ1v) is 8.20. The van der Waals surface area contributed by atoms with Gasteiger partial charge in [0.2, 0.25) is 0 Å². The van der Waals surface area contributed by atoms with Crippen molar-refractivity contribution >= 4 is 15.9 Å². The molecule has 2 aliphatic heterocycles. The van der Waals surface area contributed by atoms with Crippen molar-refractivity contribution in [1.82, 2.24) is 14.9 Å². The second kappa shape index (κ2) is 5.59. The van der Waals surface area contributed by atoms with Crippen LogP contribution in [0.25, 0.3) is 0 Å². The minimum absolute atomic E-state index is 0.241. The Morgan fingerprint density at radius 3 is 2.73 bits per heavy atom. The van der Waals surface area contributed by atoms with Crippen LogP contribution in [0.1, 0.15) is 32.2 Å². The molecule has 0 aromatic carbocycles. The predicted molar refractivity (Wildman–Crippen MR) is 84.1 cm³/mol. The molecule has 2 atom stereocenters. The van der Waals surface area contributed by atoms with Crippen molar-refractivity contribution < 1.29 is 9.84 Å². The van der Waals surface area contributed by atoms with Crippen LogP contribution in [0.5, 0.6) is 0 Å². The number of piperidine rings is 1. The molecule has 122 valence electrons. The molecule has 0 radical (unpaired) electrons. The number of halogens is 1. The van der Waals surface area contributed by atoms with E-state index in [1.807, 2.05) is 0 Å². The van der Waals surface area contributed by atoms with Gasteiger partial charge in [-0.1, -0.05) is 0 Å². The Balaban J connectivity index is 1.92. The average Bonchev–Trinajstić information content (AvgIpc) is 2.43. The van der Waals surface area contributed by atoms with E-state index < -0.39 is 22.9 Å². The van der Waals surface area contributed by atoms with Gasteiger partial charge in [0.05, 0.1) is 28.3 Å². The third kappa shape index (κ3) is 2.80. The van der Waals surface area contributed by atoms with Crippen molar-refractivity contribution in [3.8, 4) is 0 Å². The molecule has 7 nitrogen and oxygen atoms in total. The van der Waals surface area contributed by atoms with E-state index >= 15 is 0 Å². The van der Waals surface area contributed by atoms with E-state index in [4.69, 9.17) is 4.74 Å². The molecule has 3 heterocycles. The first-order valence-electron chi connectivity index (χ1n) is 7.41. The number of H-pyrrole nitrogens is 1. The van der Waals surface area contributed by atoms with Crippen LogP contribution in [0.3, 0.4) is 0 Å². The van der Waals surface area contributed by atoms with Gasteiger partial charge in [0.1, 0.15) is 0 Å². The summed E-state index contributed by atoms with van der Waals surface area (Å²) in [5.41, 5.74) is -2.43. The van der Waals surface area contributed by atoms with Gasteiger partial charge in [-0.15, -0.1) is 0 Å². The Labute approximate surface area is 135 Å². The Morgan fingerprint density at radius 2 is 2.09 bits per heavy atom. The molecule has 0 saturated carbocycles. The SMILES string of the molecule is C[C@@]1(O)CC2(CCNCC2)OC[C@H]1n1cc(Br)c(=O)[nH]c1=O. The molecule has 0 bridgehead atoms. The summed E-state index contributed by atoms with van der Waals surface area (Å²) in [4.78, 5) is 25.8. The quantitative estimate of drug-likeness (QED) is 0.650. The summed E-state index contributed by atoms with van der Waals surface area (Å²) >= 11 is 3.12. The van der Waals surface area contributed by atoms with Gasteiger partial charge in [-0.3, -0.25) is 14.3 Å². The molecule has 2 fully saturated rings. The fourth-order valence-corrected chi connectivity index (χ4v) is 3.85. The second-order valence-corrected chi connectivity index (χ2v) is 7.29. The number of aromatic nitrogens is 2. The lowest BCUT2D eigenvalue weighted by molar-refractivity contribution is -0.190. The van der Waals surface area contributed by atoms with E-state index in [9.17, 15) is 14.7 Å². The van der Waals surface area contributed by atoms with Crippen LogP contribution in [-0.2, 0) is 4.74 Å². The molecule has 0 aliphatic carbocycles. The Bertz CT molecular complexity index is 675. The highest BCUT2D eigenvalue weighted by Crippen LogP contribution is 2.42. The van der Waals surface area contributed by atoms with E-state index in [1.165, 1.54) is 10.8 Å². The molecule has 1 aromatic rings. The summed E-state index contributed by atoms with van der Waals surface area (Å²) in [6.07, 6.45) is 3.58. The molecule has 8 heteroatoms. The highest BCUT2D eigenvalue weighted by molar-refractivity contribution is 9.10. The largest absolute Gasteiger partial charge is 0.388 e. The standard InChI is InChI=1S/C14H20BrN3O4/c1-13(21)8-14(2-4-16-5-3-14)22-7-10(13)18-6-9(15)11(19)17-12(18)20/h6,10,16,21H,2-5,7-8H2,1H3,(H,17,19,20)/t10-,13-/m1/s1. The van der Waals surface area contributed by atoms with E-state index in [2.05, 4.69) is 26.2 Å². The fraction of sp³-hybridized carbons (Fsp3) is 0.714. The molecule has 1 spiro atoms. The summed E-state index contributed by atoms with van der Waals surface area (Å²) in [5.74, 6) is 0. The highest BCUT2D eigenvalue weighted by Gasteiger charge is 2.49. The van der Waals surface area contributed by atoms with Gasteiger partial charge < -0.3 is 15.2 Å². The van der Waals surface area contributed by atoms with Crippen LogP contribution in [-0.4, -0.2) is 45.6 Å². The molecule has 3 N–H and O–H groups in total. The molecular weight excluding hydrogens is 354 g/mol. The van der Waals surface area contributed by atoms with Gasteiger partial charge in [0.15, 0.2) is 0 Å². The van der Waals surface area contributed by atoms with Gasteiger partial charge in [0, 0.05) is 12.6 Å². The zero-order chi connectivity index (χ0) is 16.0. The maximum Gasteiger partial charge on any atom is 0.328 e. The third-order valence-electron chi connectivity index (χ3n) is 4.72. The number of aliphatic hydroxyl groups is 1. The van der Waals surface area contributed by atoms with Gasteiger partial charge in [0.25, 0.3) is 5.56 Å². The minimum Gasteiger partial charge on any atom is -0.388 e. The van der Waals surface area contributed by atoms with Crippen molar-refractivity contribution in [3.63, 3.8) is 0 Å². The Morgan fingerprint density at radius 1 is 1.41 bits per heavy atom. The lowest BCUT2D eigenvalue weighted by Crippen LogP contribution is -2.58. The number of nitrogens with one attached hydrogen (secondary N) is 2. The third-order valence-corrected chi connectivity index (χ3v) is 5.29. The van der Waals surface area contributed by atoms with Crippen LogP contribution in [0.2, 0.25) is 0 Å². The summed E-state index contributed by atoms with van der Waals surface area (Å²) < 4.78 is 7.67. The zero-order valence-electron chi connectivity index (χ0n) is 12.4. The number of ether oxygens (including phenoxy) is 1. The fourth-order valence-electron chi connectivity index (χ4n) is 3.53. The summed E-state index contributed by atoms with van der Waals surface area (Å²) in [6.45, 7) is 3.70. The smallest absolute Gasteiger partial charge is 0.328 e. The summed E-state index contributed by atoms with van der Waals surface area (Å²) in [6, 6.07) is -0.534. The molecule has 0 unspecified atom stereocenters. The molecule has 0 amide bonds. The Hall–Kier alpha value is -0.960. The maximum atomic E-state index is 12.1. The lowest BCUT2D eigenvalue weighted by atomic mass is 9.76. The number of aromatic amines is 1. The van der Waals surface area contributed by atoms with Crippen LogP contribution >= 0.6 is 15.9 Å². The average molecular weight is 374 g/mol. The zero-order valence-corrected chi connectivity index (χ0v) is 14.0. The van der Waals surface area contributed by atoms with Gasteiger partial charge in [-0.2, -0.15) is 0 Å². The molecule has 1 aromatic heterocycles. The first kappa shape index (κ1) is 15.9. The van der Waals surface area contributed by atoms with Crippen molar-refractivity contribution in [2.75, 3.05) is 19.7 Å². The molecule has 3 rings (SSSR count). The number of hydrogen-bond acceptors (Lipinski definition) is 5. The summed E-state index contributed by atoms with van der Waals surface area (Å²) in [7, 11) is 0. The van der Waals surface area contributed by atoms with Crippen LogP contribution in [0.4, 0.5) is 0 Å². The van der Waals surface area contributed by atoms with Crippen LogP contribution in [0, 0.1) is 0 Å². The second-order valence-electron chi connectivity index (χ2n) is 6.44. The normalized spacial score (nSPS) is 31.3.